The summed E-state index contributed by atoms with van der Waals surface area (Å²) in [5.74, 6) is -0.0662. The van der Waals surface area contributed by atoms with E-state index in [1.165, 1.54) is 17.7 Å². The molecule has 4 heteroatoms. The van der Waals surface area contributed by atoms with Crippen LogP contribution in [-0.2, 0) is 16.1 Å². The van der Waals surface area contributed by atoms with Gasteiger partial charge >= 0.3 is 5.97 Å². The first-order chi connectivity index (χ1) is 8.76. The molecule has 1 unspecified atom stereocenters. The highest BCUT2D eigenvalue weighted by atomic mass is 32.1. The molecule has 3 nitrogen and oxygen atoms in total. The number of ether oxygens (including phenoxy) is 1. The van der Waals surface area contributed by atoms with Crippen molar-refractivity contribution in [3.63, 3.8) is 0 Å². The van der Waals surface area contributed by atoms with Crippen LogP contribution in [0.4, 0.5) is 0 Å². The molecule has 18 heavy (non-hydrogen) atoms. The van der Waals surface area contributed by atoms with Crippen LogP contribution in [0.3, 0.4) is 0 Å². The van der Waals surface area contributed by atoms with E-state index in [1.807, 2.05) is 6.92 Å². The number of hydrogen-bond acceptors (Lipinski definition) is 4. The summed E-state index contributed by atoms with van der Waals surface area (Å²) in [6.45, 7) is 5.27. The van der Waals surface area contributed by atoms with Crippen molar-refractivity contribution in [3.8, 4) is 0 Å². The van der Waals surface area contributed by atoms with E-state index in [0.717, 1.165) is 13.0 Å². The SMILES string of the molecule is CCOC(=O)C(CC)N(Cc1cccs1)C1CC1. The maximum absolute atomic E-state index is 12.0. The molecule has 1 heterocycles. The van der Waals surface area contributed by atoms with Gasteiger partial charge in [-0.05, 0) is 37.6 Å². The molecule has 0 amide bonds. The summed E-state index contributed by atoms with van der Waals surface area (Å²) < 4.78 is 5.20. The Morgan fingerprint density at radius 3 is 2.83 bits per heavy atom. The second kappa shape index (κ2) is 6.34. The number of hydrogen-bond donors (Lipinski definition) is 0. The van der Waals surface area contributed by atoms with Crippen LogP contribution in [0.1, 0.15) is 38.0 Å². The summed E-state index contributed by atoms with van der Waals surface area (Å²) >= 11 is 1.76. The monoisotopic (exact) mass is 267 g/mol. The van der Waals surface area contributed by atoms with Gasteiger partial charge in [-0.1, -0.05) is 13.0 Å². The molecule has 1 aromatic heterocycles. The molecular formula is C14H21NO2S. The van der Waals surface area contributed by atoms with Crippen molar-refractivity contribution in [1.29, 1.82) is 0 Å². The molecule has 2 rings (SSSR count). The normalized spacial score (nSPS) is 16.8. The predicted octanol–water partition coefficient (Wildman–Crippen LogP) is 3.05. The Labute approximate surface area is 113 Å². The number of carbonyl (C=O) groups is 1. The van der Waals surface area contributed by atoms with Crippen molar-refractivity contribution in [2.75, 3.05) is 6.61 Å². The van der Waals surface area contributed by atoms with Crippen LogP contribution < -0.4 is 0 Å². The minimum Gasteiger partial charge on any atom is -0.465 e. The lowest BCUT2D eigenvalue weighted by Crippen LogP contribution is -2.42. The second-order valence-corrected chi connectivity index (χ2v) is 5.69. The molecule has 1 aromatic rings. The van der Waals surface area contributed by atoms with Gasteiger partial charge in [-0.2, -0.15) is 0 Å². The first kappa shape index (κ1) is 13.6. The smallest absolute Gasteiger partial charge is 0.323 e. The molecule has 1 aliphatic rings. The van der Waals surface area contributed by atoms with Crippen LogP contribution in [0.5, 0.6) is 0 Å². The Hall–Kier alpha value is -0.870. The van der Waals surface area contributed by atoms with E-state index in [2.05, 4.69) is 29.3 Å². The summed E-state index contributed by atoms with van der Waals surface area (Å²) in [7, 11) is 0. The minimum atomic E-state index is -0.0838. The molecule has 0 spiro atoms. The molecule has 1 saturated carbocycles. The van der Waals surface area contributed by atoms with Crippen molar-refractivity contribution in [1.82, 2.24) is 4.90 Å². The Morgan fingerprint density at radius 1 is 1.56 bits per heavy atom. The molecule has 1 aliphatic carbocycles. The van der Waals surface area contributed by atoms with Crippen molar-refractivity contribution < 1.29 is 9.53 Å². The van der Waals surface area contributed by atoms with E-state index in [0.29, 0.717) is 12.6 Å². The van der Waals surface area contributed by atoms with Gasteiger partial charge in [0.25, 0.3) is 0 Å². The van der Waals surface area contributed by atoms with Crippen molar-refractivity contribution in [2.45, 2.75) is 51.7 Å². The Balaban J connectivity index is 2.05. The van der Waals surface area contributed by atoms with Gasteiger partial charge in [-0.25, -0.2) is 0 Å². The zero-order valence-corrected chi connectivity index (χ0v) is 11.9. The standard InChI is InChI=1S/C14H21NO2S/c1-3-13(14(16)17-4-2)15(11-7-8-11)10-12-6-5-9-18-12/h5-6,9,11,13H,3-4,7-8,10H2,1-2H3. The van der Waals surface area contributed by atoms with Crippen LogP contribution in [-0.4, -0.2) is 29.6 Å². The maximum Gasteiger partial charge on any atom is 0.323 e. The van der Waals surface area contributed by atoms with Crippen LogP contribution in [0.25, 0.3) is 0 Å². The fourth-order valence-corrected chi connectivity index (χ4v) is 2.97. The molecule has 0 aliphatic heterocycles. The lowest BCUT2D eigenvalue weighted by molar-refractivity contribution is -0.150. The first-order valence-electron chi connectivity index (χ1n) is 6.71. The summed E-state index contributed by atoms with van der Waals surface area (Å²) in [5, 5.41) is 2.09. The number of thiophene rings is 1. The summed E-state index contributed by atoms with van der Waals surface area (Å²) in [6.07, 6.45) is 3.24. The molecular weight excluding hydrogens is 246 g/mol. The van der Waals surface area contributed by atoms with E-state index < -0.39 is 0 Å². The average Bonchev–Trinajstić information content (AvgIpc) is 3.08. The van der Waals surface area contributed by atoms with Crippen LogP contribution in [0, 0.1) is 0 Å². The summed E-state index contributed by atoms with van der Waals surface area (Å²) in [5.41, 5.74) is 0. The lowest BCUT2D eigenvalue weighted by atomic mass is 10.2. The van der Waals surface area contributed by atoms with Gasteiger partial charge in [0.15, 0.2) is 0 Å². The maximum atomic E-state index is 12.0. The zero-order chi connectivity index (χ0) is 13.0. The van der Waals surface area contributed by atoms with Gasteiger partial charge in [-0.3, -0.25) is 9.69 Å². The Morgan fingerprint density at radius 2 is 2.33 bits per heavy atom. The minimum absolute atomic E-state index is 0.0662. The van der Waals surface area contributed by atoms with Gasteiger partial charge in [0.2, 0.25) is 0 Å². The number of rotatable bonds is 7. The van der Waals surface area contributed by atoms with E-state index in [9.17, 15) is 4.79 Å². The van der Waals surface area contributed by atoms with Gasteiger partial charge < -0.3 is 4.74 Å². The molecule has 0 radical (unpaired) electrons. The van der Waals surface area contributed by atoms with Crippen molar-refractivity contribution in [3.05, 3.63) is 22.4 Å². The first-order valence-corrected chi connectivity index (χ1v) is 7.59. The second-order valence-electron chi connectivity index (χ2n) is 4.66. The predicted molar refractivity (Wildman–Crippen MR) is 73.6 cm³/mol. The number of nitrogens with zero attached hydrogens (tertiary/aromatic N) is 1. The van der Waals surface area contributed by atoms with E-state index in [-0.39, 0.29) is 12.0 Å². The fraction of sp³-hybridized carbons (Fsp3) is 0.643. The average molecular weight is 267 g/mol. The van der Waals surface area contributed by atoms with Crippen molar-refractivity contribution >= 4 is 17.3 Å². The third-order valence-electron chi connectivity index (χ3n) is 3.28. The van der Waals surface area contributed by atoms with E-state index in [4.69, 9.17) is 4.74 Å². The fourth-order valence-electron chi connectivity index (χ4n) is 2.26. The van der Waals surface area contributed by atoms with Gasteiger partial charge in [0, 0.05) is 17.5 Å². The van der Waals surface area contributed by atoms with Gasteiger partial charge in [0.05, 0.1) is 6.61 Å². The van der Waals surface area contributed by atoms with E-state index in [1.54, 1.807) is 11.3 Å². The van der Waals surface area contributed by atoms with Crippen LogP contribution >= 0.6 is 11.3 Å². The molecule has 0 bridgehead atoms. The Bertz CT molecular complexity index is 373. The molecule has 100 valence electrons. The summed E-state index contributed by atoms with van der Waals surface area (Å²) in [4.78, 5) is 15.7. The third kappa shape index (κ3) is 3.33. The topological polar surface area (TPSA) is 29.5 Å². The highest BCUT2D eigenvalue weighted by molar-refractivity contribution is 7.09. The molecule has 0 saturated heterocycles. The van der Waals surface area contributed by atoms with Gasteiger partial charge in [0.1, 0.15) is 6.04 Å². The number of carbonyl (C=O) groups excluding carboxylic acids is 1. The number of esters is 1. The molecule has 1 fully saturated rings. The highest BCUT2D eigenvalue weighted by Gasteiger charge is 2.37. The highest BCUT2D eigenvalue weighted by Crippen LogP contribution is 2.32. The van der Waals surface area contributed by atoms with Crippen molar-refractivity contribution in [2.24, 2.45) is 0 Å². The Kier molecular flexibility index (Phi) is 4.78. The summed E-state index contributed by atoms with van der Waals surface area (Å²) in [6, 6.07) is 4.69. The quantitative estimate of drug-likeness (QED) is 0.711. The van der Waals surface area contributed by atoms with Gasteiger partial charge in [-0.15, -0.1) is 11.3 Å². The molecule has 0 aromatic carbocycles. The van der Waals surface area contributed by atoms with E-state index >= 15 is 0 Å². The third-order valence-corrected chi connectivity index (χ3v) is 4.14. The van der Waals surface area contributed by atoms with Crippen LogP contribution in [0.2, 0.25) is 0 Å². The van der Waals surface area contributed by atoms with Crippen LogP contribution in [0.15, 0.2) is 17.5 Å². The zero-order valence-electron chi connectivity index (χ0n) is 11.1. The molecule has 0 N–H and O–H groups in total. The largest absolute Gasteiger partial charge is 0.465 e. The lowest BCUT2D eigenvalue weighted by Gasteiger charge is -2.28. The molecule has 1 atom stereocenters.